The molecule has 1 aromatic carbocycles. The molecule has 1 aliphatic heterocycles. The van der Waals surface area contributed by atoms with Crippen LogP contribution in [0.4, 0.5) is 5.69 Å². The Morgan fingerprint density at radius 2 is 2.21 bits per heavy atom. The van der Waals surface area contributed by atoms with Gasteiger partial charge in [0.05, 0.1) is 5.69 Å². The minimum Gasteiger partial charge on any atom is -0.370 e. The summed E-state index contributed by atoms with van der Waals surface area (Å²) >= 11 is 9.90. The van der Waals surface area contributed by atoms with Gasteiger partial charge in [0.2, 0.25) is 0 Å². The summed E-state index contributed by atoms with van der Waals surface area (Å²) in [5.74, 6) is 0.731. The molecule has 1 fully saturated rings. The van der Waals surface area contributed by atoms with Gasteiger partial charge in [0.1, 0.15) is 0 Å². The number of anilines is 1. The second kappa shape index (κ2) is 6.47. The number of benzene rings is 1. The summed E-state index contributed by atoms with van der Waals surface area (Å²) in [5, 5.41) is 4.38. The Labute approximate surface area is 129 Å². The average molecular weight is 346 g/mol. The molecule has 0 amide bonds. The maximum absolute atomic E-state index is 6.24. The van der Waals surface area contributed by atoms with Crippen molar-refractivity contribution in [2.24, 2.45) is 5.92 Å². The van der Waals surface area contributed by atoms with Crippen LogP contribution >= 0.6 is 27.5 Å². The second-order valence-electron chi connectivity index (χ2n) is 5.72. The van der Waals surface area contributed by atoms with Crippen LogP contribution in [0.3, 0.4) is 0 Å². The van der Waals surface area contributed by atoms with Gasteiger partial charge in [-0.25, -0.2) is 0 Å². The van der Waals surface area contributed by atoms with Crippen LogP contribution in [0.2, 0.25) is 5.02 Å². The van der Waals surface area contributed by atoms with Gasteiger partial charge in [-0.05, 0) is 59.4 Å². The smallest absolute Gasteiger partial charge is 0.0525 e. The highest BCUT2D eigenvalue weighted by molar-refractivity contribution is 9.10. The Morgan fingerprint density at radius 3 is 2.89 bits per heavy atom. The number of halogens is 2. The number of nitrogens with zero attached hydrogens (tertiary/aromatic N) is 1. The minimum atomic E-state index is 0.564. The highest BCUT2D eigenvalue weighted by Crippen LogP contribution is 2.34. The SMILES string of the molecule is Cc1cc(Br)c(N2CCC(CNC(C)C)C2)cc1Cl. The Hall–Kier alpha value is -0.250. The maximum Gasteiger partial charge on any atom is 0.0525 e. The first-order valence-corrected chi connectivity index (χ1v) is 8.08. The van der Waals surface area contributed by atoms with Gasteiger partial charge in [-0.1, -0.05) is 25.4 Å². The lowest BCUT2D eigenvalue weighted by Gasteiger charge is -2.21. The highest BCUT2D eigenvalue weighted by atomic mass is 79.9. The Bertz CT molecular complexity index is 448. The largest absolute Gasteiger partial charge is 0.370 e. The van der Waals surface area contributed by atoms with E-state index in [2.05, 4.69) is 52.1 Å². The standard InChI is InChI=1S/C15H22BrClN2/c1-10(2)18-8-12-4-5-19(9-12)15-7-14(17)11(3)6-13(15)16/h6-7,10,12,18H,4-5,8-9H2,1-3H3. The van der Waals surface area contributed by atoms with Crippen LogP contribution in [0.15, 0.2) is 16.6 Å². The molecular weight excluding hydrogens is 324 g/mol. The van der Waals surface area contributed by atoms with Crippen molar-refractivity contribution in [2.45, 2.75) is 33.2 Å². The fraction of sp³-hybridized carbons (Fsp3) is 0.600. The zero-order chi connectivity index (χ0) is 14.0. The summed E-state index contributed by atoms with van der Waals surface area (Å²) in [6, 6.07) is 4.76. The van der Waals surface area contributed by atoms with E-state index in [0.29, 0.717) is 6.04 Å². The van der Waals surface area contributed by atoms with Crippen molar-refractivity contribution in [2.75, 3.05) is 24.5 Å². The van der Waals surface area contributed by atoms with Crippen LogP contribution in [0, 0.1) is 12.8 Å². The molecule has 0 aliphatic carbocycles. The number of hydrogen-bond acceptors (Lipinski definition) is 2. The van der Waals surface area contributed by atoms with Crippen LogP contribution in [0.5, 0.6) is 0 Å². The van der Waals surface area contributed by atoms with E-state index >= 15 is 0 Å². The van der Waals surface area contributed by atoms with Crippen LogP contribution in [0.25, 0.3) is 0 Å². The number of hydrogen-bond donors (Lipinski definition) is 1. The molecule has 1 unspecified atom stereocenters. The first-order valence-electron chi connectivity index (χ1n) is 6.91. The van der Waals surface area contributed by atoms with Crippen molar-refractivity contribution >= 4 is 33.2 Å². The summed E-state index contributed by atoms with van der Waals surface area (Å²) in [4.78, 5) is 2.43. The third kappa shape index (κ3) is 3.87. The van der Waals surface area contributed by atoms with Crippen molar-refractivity contribution in [3.8, 4) is 0 Å². The van der Waals surface area contributed by atoms with Gasteiger partial charge < -0.3 is 10.2 Å². The van der Waals surface area contributed by atoms with Crippen LogP contribution < -0.4 is 10.2 Å². The van der Waals surface area contributed by atoms with Gasteiger partial charge >= 0.3 is 0 Å². The molecule has 0 spiro atoms. The lowest BCUT2D eigenvalue weighted by molar-refractivity contribution is 0.480. The van der Waals surface area contributed by atoms with E-state index in [1.54, 1.807) is 0 Å². The average Bonchev–Trinajstić information content (AvgIpc) is 2.80. The first kappa shape index (κ1) is 15.1. The molecule has 1 aromatic rings. The number of rotatable bonds is 4. The summed E-state index contributed by atoms with van der Waals surface area (Å²) in [6.45, 7) is 9.76. The predicted octanol–water partition coefficient (Wildman–Crippen LogP) is 4.24. The molecule has 2 rings (SSSR count). The van der Waals surface area contributed by atoms with Gasteiger partial charge in [0, 0.05) is 28.6 Å². The molecule has 0 bridgehead atoms. The predicted molar refractivity (Wildman–Crippen MR) is 87.3 cm³/mol. The number of aryl methyl sites for hydroxylation is 1. The molecule has 2 nitrogen and oxygen atoms in total. The topological polar surface area (TPSA) is 15.3 Å². The van der Waals surface area contributed by atoms with Gasteiger partial charge in [-0.3, -0.25) is 0 Å². The number of nitrogens with one attached hydrogen (secondary N) is 1. The normalized spacial score (nSPS) is 19.5. The van der Waals surface area contributed by atoms with E-state index in [9.17, 15) is 0 Å². The lowest BCUT2D eigenvalue weighted by Crippen LogP contribution is -2.30. The molecule has 0 radical (unpaired) electrons. The third-order valence-electron chi connectivity index (χ3n) is 3.67. The van der Waals surface area contributed by atoms with Gasteiger partial charge in [0.15, 0.2) is 0 Å². The van der Waals surface area contributed by atoms with Gasteiger partial charge in [-0.2, -0.15) is 0 Å². The van der Waals surface area contributed by atoms with Crippen molar-refractivity contribution < 1.29 is 0 Å². The summed E-state index contributed by atoms with van der Waals surface area (Å²) in [6.07, 6.45) is 1.25. The monoisotopic (exact) mass is 344 g/mol. The first-order chi connectivity index (χ1) is 8.97. The summed E-state index contributed by atoms with van der Waals surface area (Å²) in [5.41, 5.74) is 2.34. The molecule has 1 heterocycles. The van der Waals surface area contributed by atoms with Gasteiger partial charge in [0.25, 0.3) is 0 Å². The molecule has 1 N–H and O–H groups in total. The summed E-state index contributed by atoms with van der Waals surface area (Å²) in [7, 11) is 0. The van der Waals surface area contributed by atoms with Crippen LogP contribution in [0.1, 0.15) is 25.8 Å². The fourth-order valence-corrected chi connectivity index (χ4v) is 3.37. The lowest BCUT2D eigenvalue weighted by atomic mass is 10.1. The van der Waals surface area contributed by atoms with Gasteiger partial charge in [-0.15, -0.1) is 0 Å². The molecule has 106 valence electrons. The van der Waals surface area contributed by atoms with E-state index in [-0.39, 0.29) is 0 Å². The Kier molecular flexibility index (Phi) is 5.15. The quantitative estimate of drug-likeness (QED) is 0.878. The molecule has 19 heavy (non-hydrogen) atoms. The Balaban J connectivity index is 2.02. The van der Waals surface area contributed by atoms with Crippen molar-refractivity contribution in [3.05, 3.63) is 27.2 Å². The van der Waals surface area contributed by atoms with Crippen LogP contribution in [-0.4, -0.2) is 25.7 Å². The van der Waals surface area contributed by atoms with E-state index in [1.165, 1.54) is 12.1 Å². The zero-order valence-electron chi connectivity index (χ0n) is 11.8. The third-order valence-corrected chi connectivity index (χ3v) is 4.71. The molecule has 1 aliphatic rings. The molecule has 0 aromatic heterocycles. The zero-order valence-corrected chi connectivity index (χ0v) is 14.2. The minimum absolute atomic E-state index is 0.564. The highest BCUT2D eigenvalue weighted by Gasteiger charge is 2.24. The maximum atomic E-state index is 6.24. The van der Waals surface area contributed by atoms with Crippen molar-refractivity contribution in [1.29, 1.82) is 0 Å². The molecule has 0 saturated carbocycles. The van der Waals surface area contributed by atoms with Crippen molar-refractivity contribution in [1.82, 2.24) is 5.32 Å². The van der Waals surface area contributed by atoms with Crippen molar-refractivity contribution in [3.63, 3.8) is 0 Å². The molecule has 4 heteroatoms. The van der Waals surface area contributed by atoms with E-state index in [4.69, 9.17) is 11.6 Å². The van der Waals surface area contributed by atoms with Crippen LogP contribution in [-0.2, 0) is 0 Å². The van der Waals surface area contributed by atoms with E-state index < -0.39 is 0 Å². The molecule has 1 atom stereocenters. The molecule has 1 saturated heterocycles. The fourth-order valence-electron chi connectivity index (χ4n) is 2.50. The summed E-state index contributed by atoms with van der Waals surface area (Å²) < 4.78 is 1.15. The Morgan fingerprint density at radius 1 is 1.47 bits per heavy atom. The van der Waals surface area contributed by atoms with E-state index in [1.807, 2.05) is 6.92 Å². The second-order valence-corrected chi connectivity index (χ2v) is 6.98. The van der Waals surface area contributed by atoms with E-state index in [0.717, 1.165) is 40.6 Å². The molecular formula is C15H22BrClN2.